The Morgan fingerprint density at radius 1 is 1.17 bits per heavy atom. The maximum atomic E-state index is 12.6. The van der Waals surface area contributed by atoms with Crippen molar-refractivity contribution in [2.75, 3.05) is 0 Å². The smallest absolute Gasteiger partial charge is 0.166 e. The molecular formula is C17H18O. The number of fused-ring (bicyclic) bond motifs is 1. The fraction of sp³-hybridized carbons (Fsp3) is 0.353. The standard InChI is InChI=1S/C17H18O/c1-12-6-2-4-8-14(12)16-11-10-13-7-3-5-9-15(13)17(16)18/h2-6,8-9,13,16H,7,10-11H2,1H3. The molecule has 0 heterocycles. The van der Waals surface area contributed by atoms with Crippen LogP contribution < -0.4 is 0 Å². The summed E-state index contributed by atoms with van der Waals surface area (Å²) in [6.07, 6.45) is 9.42. The number of benzene rings is 1. The highest BCUT2D eigenvalue weighted by Crippen LogP contribution is 2.40. The minimum atomic E-state index is 0.0835. The Labute approximate surface area is 108 Å². The van der Waals surface area contributed by atoms with E-state index < -0.39 is 0 Å². The number of ketones is 1. The van der Waals surface area contributed by atoms with Crippen LogP contribution in [-0.4, -0.2) is 5.78 Å². The summed E-state index contributed by atoms with van der Waals surface area (Å²) in [6.45, 7) is 2.10. The topological polar surface area (TPSA) is 17.1 Å². The number of allylic oxidation sites excluding steroid dienone is 4. The number of aryl methyl sites for hydroxylation is 1. The Morgan fingerprint density at radius 2 is 2.00 bits per heavy atom. The molecule has 3 rings (SSSR count). The SMILES string of the molecule is Cc1ccccc1C1CCC2CC=CC=C2C1=O. The third kappa shape index (κ3) is 1.84. The van der Waals surface area contributed by atoms with Gasteiger partial charge in [0.15, 0.2) is 5.78 Å². The monoisotopic (exact) mass is 238 g/mol. The molecule has 2 aliphatic rings. The van der Waals surface area contributed by atoms with E-state index >= 15 is 0 Å². The zero-order valence-corrected chi connectivity index (χ0v) is 10.7. The van der Waals surface area contributed by atoms with Gasteiger partial charge in [-0.05, 0) is 48.8 Å². The van der Waals surface area contributed by atoms with Crippen LogP contribution in [0, 0.1) is 12.8 Å². The van der Waals surface area contributed by atoms with Crippen molar-refractivity contribution in [1.82, 2.24) is 0 Å². The van der Waals surface area contributed by atoms with E-state index in [1.54, 1.807) is 0 Å². The summed E-state index contributed by atoms with van der Waals surface area (Å²) in [5.74, 6) is 0.910. The van der Waals surface area contributed by atoms with Gasteiger partial charge in [0.05, 0.1) is 0 Å². The zero-order chi connectivity index (χ0) is 12.5. The Bertz CT molecular complexity index is 536. The van der Waals surface area contributed by atoms with Gasteiger partial charge < -0.3 is 0 Å². The fourth-order valence-electron chi connectivity index (χ4n) is 3.21. The number of hydrogen-bond acceptors (Lipinski definition) is 1. The van der Waals surface area contributed by atoms with Gasteiger partial charge in [0.25, 0.3) is 0 Å². The minimum Gasteiger partial charge on any atom is -0.294 e. The first-order valence-electron chi connectivity index (χ1n) is 6.74. The summed E-state index contributed by atoms with van der Waals surface area (Å²) in [5, 5.41) is 0. The summed E-state index contributed by atoms with van der Waals surface area (Å²) in [7, 11) is 0. The van der Waals surface area contributed by atoms with Crippen LogP contribution in [-0.2, 0) is 4.79 Å². The number of carbonyl (C=O) groups is 1. The quantitative estimate of drug-likeness (QED) is 0.724. The number of rotatable bonds is 1. The van der Waals surface area contributed by atoms with Gasteiger partial charge >= 0.3 is 0 Å². The maximum absolute atomic E-state index is 12.6. The van der Waals surface area contributed by atoms with Crippen LogP contribution in [0.15, 0.2) is 48.1 Å². The van der Waals surface area contributed by atoms with E-state index in [1.165, 1.54) is 11.1 Å². The molecule has 2 aliphatic carbocycles. The molecule has 0 aliphatic heterocycles. The molecule has 1 saturated carbocycles. The molecule has 2 atom stereocenters. The summed E-state index contributed by atoms with van der Waals surface area (Å²) >= 11 is 0. The second-order valence-corrected chi connectivity index (χ2v) is 5.33. The predicted octanol–water partition coefficient (Wildman–Crippen LogP) is 3.94. The van der Waals surface area contributed by atoms with E-state index in [0.717, 1.165) is 24.8 Å². The molecule has 0 bridgehead atoms. The van der Waals surface area contributed by atoms with Crippen LogP contribution >= 0.6 is 0 Å². The molecule has 2 unspecified atom stereocenters. The molecule has 0 saturated heterocycles. The Morgan fingerprint density at radius 3 is 2.83 bits per heavy atom. The van der Waals surface area contributed by atoms with E-state index in [-0.39, 0.29) is 5.92 Å². The van der Waals surface area contributed by atoms with E-state index in [4.69, 9.17) is 0 Å². The van der Waals surface area contributed by atoms with Gasteiger partial charge in [-0.1, -0.05) is 42.5 Å². The van der Waals surface area contributed by atoms with Gasteiger partial charge in [-0.15, -0.1) is 0 Å². The second-order valence-electron chi connectivity index (χ2n) is 5.33. The first kappa shape index (κ1) is 11.5. The highest BCUT2D eigenvalue weighted by Gasteiger charge is 2.34. The van der Waals surface area contributed by atoms with Crippen molar-refractivity contribution in [3.63, 3.8) is 0 Å². The number of hydrogen-bond donors (Lipinski definition) is 0. The lowest BCUT2D eigenvalue weighted by Gasteiger charge is -2.31. The Kier molecular flexibility index (Phi) is 2.91. The number of carbonyl (C=O) groups excluding carboxylic acids is 1. The van der Waals surface area contributed by atoms with Gasteiger partial charge in [0.1, 0.15) is 0 Å². The van der Waals surface area contributed by atoms with Crippen molar-refractivity contribution in [1.29, 1.82) is 0 Å². The molecule has 1 nitrogen and oxygen atoms in total. The van der Waals surface area contributed by atoms with Crippen LogP contribution in [0.3, 0.4) is 0 Å². The van der Waals surface area contributed by atoms with Gasteiger partial charge in [-0.25, -0.2) is 0 Å². The van der Waals surface area contributed by atoms with E-state index in [9.17, 15) is 4.79 Å². The lowest BCUT2D eigenvalue weighted by molar-refractivity contribution is -0.118. The molecule has 0 spiro atoms. The first-order chi connectivity index (χ1) is 8.77. The van der Waals surface area contributed by atoms with Gasteiger partial charge in [-0.3, -0.25) is 4.79 Å². The first-order valence-corrected chi connectivity index (χ1v) is 6.74. The van der Waals surface area contributed by atoms with E-state index in [2.05, 4.69) is 25.1 Å². The Hall–Kier alpha value is -1.63. The summed E-state index contributed by atoms with van der Waals surface area (Å²) < 4.78 is 0. The van der Waals surface area contributed by atoms with Crippen molar-refractivity contribution in [2.24, 2.45) is 5.92 Å². The lowest BCUT2D eigenvalue weighted by Crippen LogP contribution is -2.27. The van der Waals surface area contributed by atoms with Crippen molar-refractivity contribution in [3.05, 3.63) is 59.2 Å². The summed E-state index contributed by atoms with van der Waals surface area (Å²) in [4.78, 5) is 12.6. The molecule has 18 heavy (non-hydrogen) atoms. The molecule has 0 amide bonds. The molecule has 0 N–H and O–H groups in total. The molecule has 0 aromatic heterocycles. The lowest BCUT2D eigenvalue weighted by atomic mass is 9.71. The highest BCUT2D eigenvalue weighted by molar-refractivity contribution is 6.02. The third-order valence-electron chi connectivity index (χ3n) is 4.24. The predicted molar refractivity (Wildman–Crippen MR) is 73.5 cm³/mol. The molecule has 1 aromatic rings. The molecule has 1 aromatic carbocycles. The van der Waals surface area contributed by atoms with Crippen molar-refractivity contribution < 1.29 is 4.79 Å². The van der Waals surface area contributed by atoms with Crippen molar-refractivity contribution >= 4 is 5.78 Å². The highest BCUT2D eigenvalue weighted by atomic mass is 16.1. The normalized spacial score (nSPS) is 26.7. The summed E-state index contributed by atoms with van der Waals surface area (Å²) in [6, 6.07) is 8.29. The molecule has 92 valence electrons. The molecular weight excluding hydrogens is 220 g/mol. The molecule has 1 heteroatoms. The van der Waals surface area contributed by atoms with Gasteiger partial charge in [-0.2, -0.15) is 0 Å². The average Bonchev–Trinajstić information content (AvgIpc) is 2.41. The largest absolute Gasteiger partial charge is 0.294 e. The number of Topliss-reactive ketones (excluding diaryl/α,β-unsaturated/α-hetero) is 1. The minimum absolute atomic E-state index is 0.0835. The van der Waals surface area contributed by atoms with Gasteiger partial charge in [0.2, 0.25) is 0 Å². The average molecular weight is 238 g/mol. The van der Waals surface area contributed by atoms with E-state index in [1.807, 2.05) is 24.3 Å². The van der Waals surface area contributed by atoms with Crippen molar-refractivity contribution in [3.8, 4) is 0 Å². The van der Waals surface area contributed by atoms with E-state index in [0.29, 0.717) is 11.7 Å². The van der Waals surface area contributed by atoms with Crippen LogP contribution in [0.25, 0.3) is 0 Å². The Balaban J connectivity index is 1.96. The zero-order valence-electron chi connectivity index (χ0n) is 10.7. The molecule has 0 radical (unpaired) electrons. The van der Waals surface area contributed by atoms with Gasteiger partial charge in [0, 0.05) is 5.92 Å². The van der Waals surface area contributed by atoms with Crippen LogP contribution in [0.2, 0.25) is 0 Å². The second kappa shape index (κ2) is 4.56. The van der Waals surface area contributed by atoms with Crippen molar-refractivity contribution in [2.45, 2.75) is 32.1 Å². The van der Waals surface area contributed by atoms with Crippen LogP contribution in [0.1, 0.15) is 36.3 Å². The van der Waals surface area contributed by atoms with Crippen LogP contribution in [0.4, 0.5) is 0 Å². The summed E-state index contributed by atoms with van der Waals surface area (Å²) in [5.41, 5.74) is 3.51. The third-order valence-corrected chi connectivity index (χ3v) is 4.24. The fourth-order valence-corrected chi connectivity index (χ4v) is 3.21. The molecule has 1 fully saturated rings. The maximum Gasteiger partial charge on any atom is 0.166 e. The van der Waals surface area contributed by atoms with Crippen LogP contribution in [0.5, 0.6) is 0 Å².